The Balaban J connectivity index is 1.35. The van der Waals surface area contributed by atoms with Crippen LogP contribution in [0.4, 0.5) is 10.1 Å². The average Bonchev–Trinajstić information content (AvgIpc) is 2.89. The number of benzene rings is 2. The Labute approximate surface area is 208 Å². The number of carbonyl (C=O) groups is 2. The molecule has 7 nitrogen and oxygen atoms in total. The van der Waals surface area contributed by atoms with E-state index in [9.17, 15) is 14.0 Å². The first kappa shape index (κ1) is 24.6. The lowest BCUT2D eigenvalue weighted by Gasteiger charge is -2.40. The van der Waals surface area contributed by atoms with Gasteiger partial charge in [-0.25, -0.2) is 4.39 Å². The van der Waals surface area contributed by atoms with E-state index in [1.807, 2.05) is 18.2 Å². The van der Waals surface area contributed by atoms with Gasteiger partial charge in [0.25, 0.3) is 0 Å². The van der Waals surface area contributed by atoms with Gasteiger partial charge in [-0.3, -0.25) is 19.5 Å². The number of hydrogen-bond donors (Lipinski definition) is 2. The molecule has 1 aromatic heterocycles. The molecule has 2 aromatic carbocycles. The van der Waals surface area contributed by atoms with Crippen LogP contribution in [0, 0.1) is 5.82 Å². The summed E-state index contributed by atoms with van der Waals surface area (Å²) >= 11 is 6.12. The van der Waals surface area contributed by atoms with Gasteiger partial charge in [0.05, 0.1) is 6.04 Å². The molecule has 1 aliphatic heterocycles. The van der Waals surface area contributed by atoms with Crippen LogP contribution in [0.25, 0.3) is 0 Å². The van der Waals surface area contributed by atoms with Gasteiger partial charge in [-0.15, -0.1) is 0 Å². The zero-order valence-corrected chi connectivity index (χ0v) is 19.9. The molecule has 35 heavy (non-hydrogen) atoms. The highest BCUT2D eigenvalue weighted by atomic mass is 35.5. The van der Waals surface area contributed by atoms with Gasteiger partial charge >= 0.3 is 11.8 Å². The fourth-order valence-corrected chi connectivity index (χ4v) is 4.34. The minimum Gasteiger partial charge on any atom is -0.369 e. The second-order valence-corrected chi connectivity index (χ2v) is 8.69. The second kappa shape index (κ2) is 11.8. The van der Waals surface area contributed by atoms with E-state index in [1.165, 1.54) is 12.1 Å². The number of amides is 2. The minimum atomic E-state index is -0.712. The molecule has 1 atom stereocenters. The summed E-state index contributed by atoms with van der Waals surface area (Å²) in [7, 11) is 0. The summed E-state index contributed by atoms with van der Waals surface area (Å²) in [6.45, 7) is 3.43. The number of hydrogen-bond acceptors (Lipinski definition) is 5. The van der Waals surface area contributed by atoms with Crippen LogP contribution in [0.3, 0.4) is 0 Å². The molecule has 182 valence electrons. The Morgan fingerprint density at radius 1 is 0.943 bits per heavy atom. The summed E-state index contributed by atoms with van der Waals surface area (Å²) in [4.78, 5) is 33.6. The molecule has 1 fully saturated rings. The topological polar surface area (TPSA) is 77.6 Å². The van der Waals surface area contributed by atoms with Gasteiger partial charge in [0, 0.05) is 62.4 Å². The van der Waals surface area contributed by atoms with E-state index in [0.29, 0.717) is 5.02 Å². The summed E-state index contributed by atoms with van der Waals surface area (Å²) in [5.41, 5.74) is 2.68. The van der Waals surface area contributed by atoms with Crippen LogP contribution in [-0.2, 0) is 16.1 Å². The fraction of sp³-hybridized carbons (Fsp3) is 0.269. The summed E-state index contributed by atoms with van der Waals surface area (Å²) in [5.74, 6) is -1.66. The third kappa shape index (κ3) is 6.55. The first-order chi connectivity index (χ1) is 17.0. The van der Waals surface area contributed by atoms with E-state index in [4.69, 9.17) is 11.6 Å². The number of nitrogens with zero attached hydrogens (tertiary/aromatic N) is 3. The quantitative estimate of drug-likeness (QED) is 0.492. The summed E-state index contributed by atoms with van der Waals surface area (Å²) in [6, 6.07) is 17.3. The molecule has 4 rings (SSSR count). The van der Waals surface area contributed by atoms with Gasteiger partial charge in [0.2, 0.25) is 0 Å². The molecule has 1 aliphatic rings. The van der Waals surface area contributed by atoms with E-state index in [2.05, 4.69) is 25.4 Å². The number of rotatable bonds is 7. The molecule has 2 N–H and O–H groups in total. The van der Waals surface area contributed by atoms with Crippen molar-refractivity contribution in [1.82, 2.24) is 20.5 Å². The SMILES string of the molecule is O=C(NCc1ccccc1Cl)C(=O)NC[C@@H](c1cccnc1)N1CCN(c2ccc(F)cc2)CC1. The van der Waals surface area contributed by atoms with Crippen molar-refractivity contribution >= 4 is 29.1 Å². The predicted molar refractivity (Wildman–Crippen MR) is 133 cm³/mol. The molecule has 0 aliphatic carbocycles. The Hall–Kier alpha value is -3.49. The van der Waals surface area contributed by atoms with Crippen molar-refractivity contribution in [2.45, 2.75) is 12.6 Å². The molecule has 2 heterocycles. The Bertz CT molecular complexity index is 1140. The van der Waals surface area contributed by atoms with E-state index in [0.717, 1.165) is 43.0 Å². The maximum Gasteiger partial charge on any atom is 0.309 e. The summed E-state index contributed by atoms with van der Waals surface area (Å²) in [5, 5.41) is 5.92. The Morgan fingerprint density at radius 3 is 2.34 bits per heavy atom. The number of piperazine rings is 1. The molecule has 1 saturated heterocycles. The van der Waals surface area contributed by atoms with Crippen LogP contribution in [0.1, 0.15) is 17.2 Å². The highest BCUT2D eigenvalue weighted by Crippen LogP contribution is 2.24. The van der Waals surface area contributed by atoms with Crippen molar-refractivity contribution in [3.8, 4) is 0 Å². The van der Waals surface area contributed by atoms with Crippen LogP contribution < -0.4 is 15.5 Å². The summed E-state index contributed by atoms with van der Waals surface area (Å²) in [6.07, 6.45) is 3.48. The number of halogens is 2. The highest BCUT2D eigenvalue weighted by molar-refractivity contribution is 6.35. The van der Waals surface area contributed by atoms with Crippen molar-refractivity contribution in [3.05, 3.63) is 95.0 Å². The molecule has 0 bridgehead atoms. The normalized spacial score (nSPS) is 14.9. The maximum absolute atomic E-state index is 13.3. The molecular weight excluding hydrogens is 469 g/mol. The van der Waals surface area contributed by atoms with E-state index in [-0.39, 0.29) is 24.9 Å². The van der Waals surface area contributed by atoms with Crippen molar-refractivity contribution in [2.24, 2.45) is 0 Å². The first-order valence-corrected chi connectivity index (χ1v) is 11.8. The zero-order valence-electron chi connectivity index (χ0n) is 19.2. The number of anilines is 1. The maximum atomic E-state index is 13.3. The largest absolute Gasteiger partial charge is 0.369 e. The number of pyridine rings is 1. The number of nitrogens with one attached hydrogen (secondary N) is 2. The standard InChI is InChI=1S/C26H27ClFN5O2/c27-23-6-2-1-4-19(23)17-30-25(34)26(35)31-18-24(20-5-3-11-29-16-20)33-14-12-32(13-15-33)22-9-7-21(28)8-10-22/h1-11,16,24H,12-15,17-18H2,(H,30,34)(H,31,35)/t24-/m0/s1. The lowest BCUT2D eigenvalue weighted by atomic mass is 10.1. The van der Waals surface area contributed by atoms with Crippen LogP contribution in [-0.4, -0.2) is 54.4 Å². The van der Waals surface area contributed by atoms with Gasteiger partial charge < -0.3 is 15.5 Å². The first-order valence-electron chi connectivity index (χ1n) is 11.4. The Morgan fingerprint density at radius 2 is 1.66 bits per heavy atom. The lowest BCUT2D eigenvalue weighted by Crippen LogP contribution is -2.50. The lowest BCUT2D eigenvalue weighted by molar-refractivity contribution is -0.139. The van der Waals surface area contributed by atoms with Crippen molar-refractivity contribution in [3.63, 3.8) is 0 Å². The van der Waals surface area contributed by atoms with E-state index in [1.54, 1.807) is 42.7 Å². The summed E-state index contributed by atoms with van der Waals surface area (Å²) < 4.78 is 13.3. The fourth-order valence-electron chi connectivity index (χ4n) is 4.14. The van der Waals surface area contributed by atoms with Crippen molar-refractivity contribution < 1.29 is 14.0 Å². The van der Waals surface area contributed by atoms with Crippen LogP contribution in [0.2, 0.25) is 5.02 Å². The molecule has 0 unspecified atom stereocenters. The van der Waals surface area contributed by atoms with Gasteiger partial charge in [0.1, 0.15) is 5.82 Å². The average molecular weight is 496 g/mol. The van der Waals surface area contributed by atoms with Gasteiger partial charge in [-0.2, -0.15) is 0 Å². The van der Waals surface area contributed by atoms with Crippen molar-refractivity contribution in [1.29, 1.82) is 0 Å². The molecule has 0 spiro atoms. The Kier molecular flexibility index (Phi) is 8.28. The molecule has 9 heteroatoms. The third-order valence-electron chi connectivity index (χ3n) is 6.08. The van der Waals surface area contributed by atoms with E-state index >= 15 is 0 Å². The van der Waals surface area contributed by atoms with Gasteiger partial charge in [-0.1, -0.05) is 35.9 Å². The smallest absolute Gasteiger partial charge is 0.309 e. The van der Waals surface area contributed by atoms with Crippen LogP contribution in [0.5, 0.6) is 0 Å². The number of carbonyl (C=O) groups excluding carboxylic acids is 2. The minimum absolute atomic E-state index is 0.139. The highest BCUT2D eigenvalue weighted by Gasteiger charge is 2.27. The van der Waals surface area contributed by atoms with Crippen LogP contribution >= 0.6 is 11.6 Å². The second-order valence-electron chi connectivity index (χ2n) is 8.29. The zero-order chi connectivity index (χ0) is 24.6. The molecular formula is C26H27ClFN5O2. The molecule has 0 saturated carbocycles. The van der Waals surface area contributed by atoms with Crippen LogP contribution in [0.15, 0.2) is 73.1 Å². The third-order valence-corrected chi connectivity index (χ3v) is 6.44. The predicted octanol–water partition coefficient (Wildman–Crippen LogP) is 3.17. The molecule has 0 radical (unpaired) electrons. The monoisotopic (exact) mass is 495 g/mol. The molecule has 3 aromatic rings. The van der Waals surface area contributed by atoms with E-state index < -0.39 is 11.8 Å². The van der Waals surface area contributed by atoms with Crippen molar-refractivity contribution in [2.75, 3.05) is 37.6 Å². The molecule has 2 amide bonds. The van der Waals surface area contributed by atoms with Gasteiger partial charge in [0.15, 0.2) is 0 Å². The van der Waals surface area contributed by atoms with Gasteiger partial charge in [-0.05, 0) is 47.5 Å². The number of aromatic nitrogens is 1.